The van der Waals surface area contributed by atoms with Crippen LogP contribution in [0, 0.1) is 6.92 Å². The van der Waals surface area contributed by atoms with Crippen molar-refractivity contribution >= 4 is 29.2 Å². The van der Waals surface area contributed by atoms with Gasteiger partial charge in [-0.05, 0) is 65.0 Å². The van der Waals surface area contributed by atoms with E-state index in [0.717, 1.165) is 33.7 Å². The Labute approximate surface area is 245 Å². The first-order valence-corrected chi connectivity index (χ1v) is 14.0. The van der Waals surface area contributed by atoms with Crippen molar-refractivity contribution in [2.75, 3.05) is 19.7 Å². The van der Waals surface area contributed by atoms with Crippen molar-refractivity contribution in [2.24, 2.45) is 7.05 Å². The molecule has 10 nitrogen and oxygen atoms in total. The molecule has 0 atom stereocenters. The third-order valence-corrected chi connectivity index (χ3v) is 6.74. The normalized spacial score (nSPS) is 11.5. The van der Waals surface area contributed by atoms with Crippen LogP contribution >= 0.6 is 11.6 Å². The minimum absolute atomic E-state index is 0.194. The molecule has 0 aliphatic rings. The summed E-state index contributed by atoms with van der Waals surface area (Å²) in [7, 11) is 1.83. The summed E-state index contributed by atoms with van der Waals surface area (Å²) in [5, 5.41) is 10.6. The number of halogens is 1. The molecule has 0 spiro atoms. The molecule has 0 saturated heterocycles. The lowest BCUT2D eigenvalue weighted by molar-refractivity contribution is 0.0528. The standard InChI is InChI=1S/C30H37ClN6O4/c1-7-32-28(38)27-23(19(2)36(6)35-27)13-15-40-25-16-21(31)9-10-24(25)20-8-11-26-34-17-22(37(26)18-20)12-14-33-29(39)41-30(3,4)5/h8-11,16-18H,7,12-15H2,1-6H3,(H,32,38)(H,33,39). The second-order valence-electron chi connectivity index (χ2n) is 10.7. The van der Waals surface area contributed by atoms with E-state index < -0.39 is 11.7 Å². The predicted molar refractivity (Wildman–Crippen MR) is 159 cm³/mol. The lowest BCUT2D eigenvalue weighted by atomic mass is 10.1. The molecule has 2 N–H and O–H groups in total. The maximum Gasteiger partial charge on any atom is 0.407 e. The SMILES string of the molecule is CCNC(=O)c1nn(C)c(C)c1CCOc1cc(Cl)ccc1-c1ccc2ncc(CCNC(=O)OC(C)(C)C)n2c1. The first-order valence-electron chi connectivity index (χ1n) is 13.6. The van der Waals surface area contributed by atoms with Crippen LogP contribution in [0.4, 0.5) is 4.79 Å². The monoisotopic (exact) mass is 580 g/mol. The number of rotatable bonds is 10. The molecule has 3 aromatic heterocycles. The Hall–Kier alpha value is -4.05. The summed E-state index contributed by atoms with van der Waals surface area (Å²) in [6, 6.07) is 9.47. The van der Waals surface area contributed by atoms with E-state index in [9.17, 15) is 9.59 Å². The summed E-state index contributed by atoms with van der Waals surface area (Å²) in [5.74, 6) is 0.437. The molecule has 0 aliphatic heterocycles. The summed E-state index contributed by atoms with van der Waals surface area (Å²) in [5.41, 5.74) is 5.16. The molecular weight excluding hydrogens is 544 g/mol. The van der Waals surface area contributed by atoms with Crippen molar-refractivity contribution in [3.63, 3.8) is 0 Å². The summed E-state index contributed by atoms with van der Waals surface area (Å²) < 4.78 is 15.3. The number of nitrogens with one attached hydrogen (secondary N) is 2. The Kier molecular flexibility index (Phi) is 9.22. The number of nitrogens with zero attached hydrogens (tertiary/aromatic N) is 4. The van der Waals surface area contributed by atoms with Gasteiger partial charge in [0.1, 0.15) is 17.0 Å². The number of ether oxygens (including phenoxy) is 2. The zero-order valence-electron chi connectivity index (χ0n) is 24.4. The number of pyridine rings is 1. The predicted octanol–water partition coefficient (Wildman–Crippen LogP) is 5.14. The average molecular weight is 581 g/mol. The van der Waals surface area contributed by atoms with E-state index in [-0.39, 0.29) is 5.91 Å². The van der Waals surface area contributed by atoms with Gasteiger partial charge in [0.15, 0.2) is 5.69 Å². The molecule has 3 heterocycles. The van der Waals surface area contributed by atoms with Gasteiger partial charge in [-0.25, -0.2) is 9.78 Å². The number of benzene rings is 1. The Morgan fingerprint density at radius 3 is 2.61 bits per heavy atom. The van der Waals surface area contributed by atoms with Gasteiger partial charge in [0.2, 0.25) is 0 Å². The molecule has 0 unspecified atom stereocenters. The molecule has 1 aromatic carbocycles. The van der Waals surface area contributed by atoms with Gasteiger partial charge in [0, 0.05) is 78.5 Å². The summed E-state index contributed by atoms with van der Waals surface area (Å²) in [6.45, 7) is 10.6. The highest BCUT2D eigenvalue weighted by atomic mass is 35.5. The van der Waals surface area contributed by atoms with Crippen molar-refractivity contribution in [1.29, 1.82) is 0 Å². The van der Waals surface area contributed by atoms with Gasteiger partial charge >= 0.3 is 6.09 Å². The van der Waals surface area contributed by atoms with Crippen LogP contribution in [-0.4, -0.2) is 56.5 Å². The van der Waals surface area contributed by atoms with Crippen molar-refractivity contribution in [3.05, 3.63) is 70.4 Å². The number of imidazole rings is 1. The molecule has 11 heteroatoms. The zero-order valence-corrected chi connectivity index (χ0v) is 25.1. The molecule has 4 rings (SSSR count). The molecule has 0 radical (unpaired) electrons. The van der Waals surface area contributed by atoms with Crippen LogP contribution in [0.2, 0.25) is 5.02 Å². The number of hydrogen-bond donors (Lipinski definition) is 2. The number of aromatic nitrogens is 4. The Morgan fingerprint density at radius 2 is 1.88 bits per heavy atom. The van der Waals surface area contributed by atoms with Gasteiger partial charge in [-0.15, -0.1) is 0 Å². The molecule has 218 valence electrons. The van der Waals surface area contributed by atoms with Crippen molar-refractivity contribution in [3.8, 4) is 16.9 Å². The fourth-order valence-electron chi connectivity index (χ4n) is 4.48. The van der Waals surface area contributed by atoms with E-state index in [2.05, 4.69) is 20.7 Å². The molecule has 0 aliphatic carbocycles. The molecular formula is C30H37ClN6O4. The number of amides is 2. The second kappa shape index (κ2) is 12.6. The van der Waals surface area contributed by atoms with Crippen molar-refractivity contribution < 1.29 is 19.1 Å². The molecule has 4 aromatic rings. The largest absolute Gasteiger partial charge is 0.493 e. The third-order valence-electron chi connectivity index (χ3n) is 6.51. The smallest absolute Gasteiger partial charge is 0.407 e. The van der Waals surface area contributed by atoms with Gasteiger partial charge in [-0.3, -0.25) is 9.48 Å². The van der Waals surface area contributed by atoms with E-state index in [0.29, 0.717) is 49.0 Å². The number of alkyl carbamates (subject to hydrolysis) is 1. The molecule has 2 amide bonds. The van der Waals surface area contributed by atoms with Crippen LogP contribution < -0.4 is 15.4 Å². The minimum atomic E-state index is -0.552. The molecule has 41 heavy (non-hydrogen) atoms. The third kappa shape index (κ3) is 7.38. The van der Waals surface area contributed by atoms with E-state index in [4.69, 9.17) is 21.1 Å². The van der Waals surface area contributed by atoms with Crippen LogP contribution in [0.5, 0.6) is 5.75 Å². The maximum absolute atomic E-state index is 12.5. The highest BCUT2D eigenvalue weighted by molar-refractivity contribution is 6.30. The van der Waals surface area contributed by atoms with Gasteiger partial charge in [-0.1, -0.05) is 11.6 Å². The highest BCUT2D eigenvalue weighted by Crippen LogP contribution is 2.33. The highest BCUT2D eigenvalue weighted by Gasteiger charge is 2.20. The Bertz CT molecular complexity index is 1550. The van der Waals surface area contributed by atoms with E-state index in [1.165, 1.54) is 0 Å². The summed E-state index contributed by atoms with van der Waals surface area (Å²) >= 11 is 6.35. The number of hydrogen-bond acceptors (Lipinski definition) is 6. The summed E-state index contributed by atoms with van der Waals surface area (Å²) in [4.78, 5) is 29.1. The van der Waals surface area contributed by atoms with Crippen LogP contribution in [0.15, 0.2) is 42.7 Å². The van der Waals surface area contributed by atoms with Crippen LogP contribution in [-0.2, 0) is 24.6 Å². The minimum Gasteiger partial charge on any atom is -0.493 e. The second-order valence-corrected chi connectivity index (χ2v) is 11.1. The van der Waals surface area contributed by atoms with Crippen LogP contribution in [0.3, 0.4) is 0 Å². The van der Waals surface area contributed by atoms with Crippen LogP contribution in [0.25, 0.3) is 16.8 Å². The average Bonchev–Trinajstić information content (AvgIpc) is 3.43. The van der Waals surface area contributed by atoms with E-state index in [1.807, 2.05) is 76.5 Å². The van der Waals surface area contributed by atoms with Crippen molar-refractivity contribution in [1.82, 2.24) is 29.8 Å². The molecule has 0 bridgehead atoms. The number of carbonyl (C=O) groups is 2. The Morgan fingerprint density at radius 1 is 1.10 bits per heavy atom. The lowest BCUT2D eigenvalue weighted by Crippen LogP contribution is -2.33. The first-order chi connectivity index (χ1) is 19.5. The fraction of sp³-hybridized carbons (Fsp3) is 0.400. The molecule has 0 saturated carbocycles. The van der Waals surface area contributed by atoms with Gasteiger partial charge in [-0.2, -0.15) is 5.10 Å². The first kappa shape index (κ1) is 29.9. The van der Waals surface area contributed by atoms with Crippen LogP contribution in [0.1, 0.15) is 55.1 Å². The fourth-order valence-corrected chi connectivity index (χ4v) is 4.64. The lowest BCUT2D eigenvalue weighted by Gasteiger charge is -2.19. The zero-order chi connectivity index (χ0) is 29.7. The number of fused-ring (bicyclic) bond motifs is 1. The number of aryl methyl sites for hydroxylation is 1. The van der Waals surface area contributed by atoms with E-state index in [1.54, 1.807) is 16.9 Å². The Balaban J connectivity index is 1.51. The van der Waals surface area contributed by atoms with Gasteiger partial charge < -0.3 is 24.5 Å². The summed E-state index contributed by atoms with van der Waals surface area (Å²) in [6.07, 6.45) is 4.44. The quantitative estimate of drug-likeness (QED) is 0.269. The molecule has 0 fully saturated rings. The van der Waals surface area contributed by atoms with Gasteiger partial charge in [0.25, 0.3) is 5.91 Å². The van der Waals surface area contributed by atoms with E-state index >= 15 is 0 Å². The maximum atomic E-state index is 12.5. The van der Waals surface area contributed by atoms with Gasteiger partial charge in [0.05, 0.1) is 6.61 Å². The topological polar surface area (TPSA) is 112 Å². The number of carbonyl (C=O) groups excluding carboxylic acids is 2. The van der Waals surface area contributed by atoms with Crippen molar-refractivity contribution in [2.45, 2.75) is 53.1 Å².